The number of piperidine rings is 1. The van der Waals surface area contributed by atoms with Gasteiger partial charge in [-0.15, -0.1) is 11.3 Å². The molecule has 0 radical (unpaired) electrons. The zero-order chi connectivity index (χ0) is 18.6. The number of aromatic nitrogens is 1. The molecule has 2 heterocycles. The predicted octanol–water partition coefficient (Wildman–Crippen LogP) is 4.45. The van der Waals surface area contributed by atoms with Gasteiger partial charge in [0.2, 0.25) is 5.91 Å². The highest BCUT2D eigenvalue weighted by molar-refractivity contribution is 8.01. The lowest BCUT2D eigenvalue weighted by molar-refractivity contribution is -0.129. The van der Waals surface area contributed by atoms with E-state index in [0.29, 0.717) is 11.7 Å². The summed E-state index contributed by atoms with van der Waals surface area (Å²) < 4.78 is 2.01. The fourth-order valence-electron chi connectivity index (χ4n) is 3.53. The van der Waals surface area contributed by atoms with Crippen LogP contribution in [0.2, 0.25) is 0 Å². The number of likely N-dealkylation sites (tertiary alicyclic amines) is 1. The second kappa shape index (κ2) is 8.31. The number of thiazole rings is 1. The molecule has 6 heteroatoms. The number of carbonyl (C=O) groups is 1. The van der Waals surface area contributed by atoms with Crippen LogP contribution in [-0.2, 0) is 11.2 Å². The van der Waals surface area contributed by atoms with Crippen molar-refractivity contribution in [1.82, 2.24) is 9.88 Å². The zero-order valence-electron chi connectivity index (χ0n) is 15.1. The van der Waals surface area contributed by atoms with Gasteiger partial charge in [-0.2, -0.15) is 0 Å². The summed E-state index contributed by atoms with van der Waals surface area (Å²) in [5.74, 6) is 1.36. The van der Waals surface area contributed by atoms with Gasteiger partial charge in [0, 0.05) is 18.8 Å². The summed E-state index contributed by atoms with van der Waals surface area (Å²) in [4.78, 5) is 19.2. The molecule has 1 aromatic heterocycles. The molecule has 4 nitrogen and oxygen atoms in total. The maximum Gasteiger partial charge on any atom is 0.233 e. The molecule has 0 aliphatic carbocycles. The number of carbonyl (C=O) groups excluding carboxylic acids is 1. The average molecular weight is 398 g/mol. The van der Waals surface area contributed by atoms with Crippen molar-refractivity contribution in [1.29, 1.82) is 0 Å². The summed E-state index contributed by atoms with van der Waals surface area (Å²) in [6, 6.07) is 16.4. The molecule has 1 amide bonds. The number of nitrogen functional groups attached to an aromatic ring is 1. The normalized spacial score (nSPS) is 15.3. The van der Waals surface area contributed by atoms with Crippen molar-refractivity contribution in [2.24, 2.45) is 5.92 Å². The van der Waals surface area contributed by atoms with Crippen molar-refractivity contribution < 1.29 is 4.79 Å². The minimum atomic E-state index is 0.219. The number of rotatable bonds is 5. The molecule has 1 aliphatic heterocycles. The van der Waals surface area contributed by atoms with Crippen LogP contribution in [0.3, 0.4) is 0 Å². The summed E-state index contributed by atoms with van der Waals surface area (Å²) in [6.45, 7) is 1.74. The van der Waals surface area contributed by atoms with E-state index < -0.39 is 0 Å². The summed E-state index contributed by atoms with van der Waals surface area (Å²) in [7, 11) is 0. The highest BCUT2D eigenvalue weighted by Crippen LogP contribution is 2.31. The Bertz CT molecular complexity index is 918. The first kappa shape index (κ1) is 18.3. The topological polar surface area (TPSA) is 59.2 Å². The molecule has 1 saturated heterocycles. The van der Waals surface area contributed by atoms with Crippen LogP contribution in [0.1, 0.15) is 18.4 Å². The Labute approximate surface area is 167 Å². The molecule has 0 bridgehead atoms. The van der Waals surface area contributed by atoms with Gasteiger partial charge in [-0.3, -0.25) is 4.79 Å². The van der Waals surface area contributed by atoms with Crippen molar-refractivity contribution in [2.75, 3.05) is 24.6 Å². The number of thioether (sulfide) groups is 1. The lowest BCUT2D eigenvalue weighted by Gasteiger charge is -2.32. The lowest BCUT2D eigenvalue weighted by atomic mass is 9.90. The third-order valence-corrected chi connectivity index (χ3v) is 7.19. The number of nitrogens with zero attached hydrogens (tertiary/aromatic N) is 2. The molecule has 2 N–H and O–H groups in total. The van der Waals surface area contributed by atoms with Crippen molar-refractivity contribution in [3.63, 3.8) is 0 Å². The van der Waals surface area contributed by atoms with Crippen LogP contribution in [0.4, 0.5) is 5.69 Å². The van der Waals surface area contributed by atoms with Crippen LogP contribution < -0.4 is 5.73 Å². The van der Waals surface area contributed by atoms with Crippen LogP contribution in [0, 0.1) is 5.92 Å². The van der Waals surface area contributed by atoms with Crippen molar-refractivity contribution in [3.05, 3.63) is 54.1 Å². The number of amides is 1. The standard InChI is InChI=1S/C21H23N3OS2/c22-17-6-7-18-19(13-17)27-21(23-18)26-14-20(25)24-10-8-16(9-11-24)12-15-4-2-1-3-5-15/h1-7,13,16H,8-12,14,22H2. The molecule has 0 atom stereocenters. The molecule has 0 spiro atoms. The van der Waals surface area contributed by atoms with Gasteiger partial charge >= 0.3 is 0 Å². The Morgan fingerprint density at radius 1 is 1.19 bits per heavy atom. The molecule has 140 valence electrons. The van der Waals surface area contributed by atoms with Gasteiger partial charge in [0.15, 0.2) is 4.34 Å². The van der Waals surface area contributed by atoms with E-state index in [1.807, 2.05) is 23.1 Å². The number of anilines is 1. The van der Waals surface area contributed by atoms with Gasteiger partial charge < -0.3 is 10.6 Å². The molecule has 2 aromatic carbocycles. The zero-order valence-corrected chi connectivity index (χ0v) is 16.8. The molecule has 1 fully saturated rings. The molecule has 1 aliphatic rings. The van der Waals surface area contributed by atoms with Gasteiger partial charge in [0.05, 0.1) is 16.0 Å². The molecule has 3 aromatic rings. The smallest absolute Gasteiger partial charge is 0.233 e. The Morgan fingerprint density at radius 3 is 2.74 bits per heavy atom. The van der Waals surface area contributed by atoms with Crippen LogP contribution in [-0.4, -0.2) is 34.6 Å². The fourth-order valence-corrected chi connectivity index (χ4v) is 5.55. The van der Waals surface area contributed by atoms with Crippen molar-refractivity contribution >= 4 is 44.9 Å². The number of hydrogen-bond acceptors (Lipinski definition) is 5. The highest BCUT2D eigenvalue weighted by Gasteiger charge is 2.23. The fraction of sp³-hybridized carbons (Fsp3) is 0.333. The van der Waals surface area contributed by atoms with Gasteiger partial charge in [0.25, 0.3) is 0 Å². The number of benzene rings is 2. The van der Waals surface area contributed by atoms with Gasteiger partial charge in [-0.05, 0) is 48.9 Å². The number of fused-ring (bicyclic) bond motifs is 1. The lowest BCUT2D eigenvalue weighted by Crippen LogP contribution is -2.39. The van der Waals surface area contributed by atoms with Crippen LogP contribution in [0.25, 0.3) is 10.2 Å². The molecule has 4 rings (SSSR count). The van der Waals surface area contributed by atoms with E-state index in [2.05, 4.69) is 35.3 Å². The minimum absolute atomic E-state index is 0.219. The van der Waals surface area contributed by atoms with Crippen molar-refractivity contribution in [3.8, 4) is 0 Å². The average Bonchev–Trinajstić information content (AvgIpc) is 3.09. The minimum Gasteiger partial charge on any atom is -0.399 e. The van der Waals surface area contributed by atoms with Crippen LogP contribution in [0.15, 0.2) is 52.9 Å². The number of hydrogen-bond donors (Lipinski definition) is 1. The van der Waals surface area contributed by atoms with E-state index in [-0.39, 0.29) is 5.91 Å². The second-order valence-electron chi connectivity index (χ2n) is 7.01. The Hall–Kier alpha value is -2.05. The summed E-state index contributed by atoms with van der Waals surface area (Å²) >= 11 is 3.14. The molecular formula is C21H23N3OS2. The van der Waals surface area contributed by atoms with Crippen molar-refractivity contribution in [2.45, 2.75) is 23.6 Å². The molecule has 0 saturated carbocycles. The van der Waals surface area contributed by atoms with Gasteiger partial charge in [0.1, 0.15) is 0 Å². The highest BCUT2D eigenvalue weighted by atomic mass is 32.2. The van der Waals surface area contributed by atoms with E-state index >= 15 is 0 Å². The first-order chi connectivity index (χ1) is 13.2. The second-order valence-corrected chi connectivity index (χ2v) is 9.26. The van der Waals surface area contributed by atoms with Gasteiger partial charge in [-0.25, -0.2) is 4.98 Å². The largest absolute Gasteiger partial charge is 0.399 e. The SMILES string of the molecule is Nc1ccc2nc(SCC(=O)N3CCC(Cc4ccccc4)CC3)sc2c1. The predicted molar refractivity (Wildman–Crippen MR) is 114 cm³/mol. The van der Waals surface area contributed by atoms with Crippen LogP contribution in [0.5, 0.6) is 0 Å². The molecular weight excluding hydrogens is 374 g/mol. The first-order valence-electron chi connectivity index (χ1n) is 9.28. The Balaban J connectivity index is 1.26. The third kappa shape index (κ3) is 4.62. The van der Waals surface area contributed by atoms with E-state index in [4.69, 9.17) is 5.73 Å². The molecule has 0 unspecified atom stereocenters. The third-order valence-electron chi connectivity index (χ3n) is 5.05. The summed E-state index contributed by atoms with van der Waals surface area (Å²) in [6.07, 6.45) is 3.30. The monoisotopic (exact) mass is 397 g/mol. The van der Waals surface area contributed by atoms with E-state index in [1.54, 1.807) is 11.3 Å². The quantitative estimate of drug-likeness (QED) is 0.510. The number of nitrogens with two attached hydrogens (primary N) is 1. The van der Waals surface area contributed by atoms with E-state index in [1.165, 1.54) is 17.3 Å². The van der Waals surface area contributed by atoms with E-state index in [0.717, 1.165) is 52.6 Å². The summed E-state index contributed by atoms with van der Waals surface area (Å²) in [5.41, 5.74) is 8.92. The summed E-state index contributed by atoms with van der Waals surface area (Å²) in [5, 5.41) is 0. The Kier molecular flexibility index (Phi) is 5.64. The van der Waals surface area contributed by atoms with Gasteiger partial charge in [-0.1, -0.05) is 42.1 Å². The maximum atomic E-state index is 12.6. The van der Waals surface area contributed by atoms with E-state index in [9.17, 15) is 4.79 Å². The maximum absolute atomic E-state index is 12.6. The first-order valence-corrected chi connectivity index (χ1v) is 11.1. The van der Waals surface area contributed by atoms with Crippen LogP contribution >= 0.6 is 23.1 Å². The Morgan fingerprint density at radius 2 is 1.96 bits per heavy atom. The molecule has 27 heavy (non-hydrogen) atoms.